The first kappa shape index (κ1) is 11.2. The summed E-state index contributed by atoms with van der Waals surface area (Å²) in [6.07, 6.45) is 3.47. The molecule has 0 amide bonds. The van der Waals surface area contributed by atoms with Gasteiger partial charge in [-0.05, 0) is 0 Å². The minimum absolute atomic E-state index is 0.376. The highest BCUT2D eigenvalue weighted by Gasteiger charge is 2.09. The van der Waals surface area contributed by atoms with Crippen molar-refractivity contribution in [3.8, 4) is 0 Å². The summed E-state index contributed by atoms with van der Waals surface area (Å²) in [5.41, 5.74) is 0. The molecule has 2 aromatic heterocycles. The Bertz CT molecular complexity index is 463. The van der Waals surface area contributed by atoms with Crippen molar-refractivity contribution < 1.29 is 4.42 Å². The molecule has 6 heteroatoms. The van der Waals surface area contributed by atoms with Crippen LogP contribution in [0.5, 0.6) is 0 Å². The first-order chi connectivity index (χ1) is 7.66. The van der Waals surface area contributed by atoms with E-state index in [1.165, 1.54) is 0 Å². The van der Waals surface area contributed by atoms with E-state index in [-0.39, 0.29) is 0 Å². The molecule has 0 spiro atoms. The number of hydrogen-bond donors (Lipinski definition) is 0. The second kappa shape index (κ2) is 4.69. The smallest absolute Gasteiger partial charge is 0.204 e. The molecular formula is C10H14N4OS. The van der Waals surface area contributed by atoms with Crippen LogP contribution in [-0.2, 0) is 12.8 Å². The molecule has 5 nitrogen and oxygen atoms in total. The summed E-state index contributed by atoms with van der Waals surface area (Å²) < 4.78 is 7.47. The van der Waals surface area contributed by atoms with E-state index in [4.69, 9.17) is 4.42 Å². The monoisotopic (exact) mass is 238 g/mol. The van der Waals surface area contributed by atoms with Crippen molar-refractivity contribution in [2.75, 3.05) is 0 Å². The van der Waals surface area contributed by atoms with Crippen LogP contribution in [0.25, 0.3) is 0 Å². The normalized spacial score (nSPS) is 11.2. The van der Waals surface area contributed by atoms with Gasteiger partial charge in [0.1, 0.15) is 12.1 Å². The van der Waals surface area contributed by atoms with E-state index in [1.54, 1.807) is 24.3 Å². The Hall–Kier alpha value is -1.30. The van der Waals surface area contributed by atoms with Crippen molar-refractivity contribution >= 4 is 11.8 Å². The molecule has 2 heterocycles. The van der Waals surface area contributed by atoms with E-state index in [9.17, 15) is 0 Å². The number of rotatable bonds is 4. The third kappa shape index (κ3) is 2.44. The van der Waals surface area contributed by atoms with E-state index in [0.29, 0.717) is 11.7 Å². The van der Waals surface area contributed by atoms with Crippen LogP contribution < -0.4 is 0 Å². The molecule has 0 saturated heterocycles. The lowest BCUT2D eigenvalue weighted by Crippen LogP contribution is -1.89. The number of oxazole rings is 1. The van der Waals surface area contributed by atoms with E-state index in [2.05, 4.69) is 29.0 Å². The SMILES string of the molecule is CC(C)c1cnc(CSc2nncn2C)o1. The molecule has 0 aliphatic heterocycles. The molecule has 0 saturated carbocycles. The summed E-state index contributed by atoms with van der Waals surface area (Å²) >= 11 is 1.56. The van der Waals surface area contributed by atoms with E-state index < -0.39 is 0 Å². The number of nitrogens with zero attached hydrogens (tertiary/aromatic N) is 4. The van der Waals surface area contributed by atoms with E-state index in [0.717, 1.165) is 16.8 Å². The summed E-state index contributed by atoms with van der Waals surface area (Å²) in [5, 5.41) is 8.65. The predicted molar refractivity (Wildman–Crippen MR) is 61.2 cm³/mol. The standard InChI is InChI=1S/C10H14N4OS/c1-7(2)8-4-11-9(15-8)5-16-10-13-12-6-14(10)3/h4,6-7H,5H2,1-3H3. The fraction of sp³-hybridized carbons (Fsp3) is 0.500. The van der Waals surface area contributed by atoms with Gasteiger partial charge in [0.15, 0.2) is 5.16 Å². The molecule has 0 bridgehead atoms. The Morgan fingerprint density at radius 3 is 2.88 bits per heavy atom. The van der Waals surface area contributed by atoms with Gasteiger partial charge in [0.2, 0.25) is 5.89 Å². The van der Waals surface area contributed by atoms with Crippen LogP contribution in [-0.4, -0.2) is 19.7 Å². The van der Waals surface area contributed by atoms with Crippen LogP contribution >= 0.6 is 11.8 Å². The first-order valence-electron chi connectivity index (χ1n) is 5.08. The Balaban J connectivity index is 1.97. The van der Waals surface area contributed by atoms with E-state index in [1.807, 2.05) is 11.6 Å². The summed E-state index contributed by atoms with van der Waals surface area (Å²) in [6.45, 7) is 4.17. The van der Waals surface area contributed by atoms with Gasteiger partial charge in [-0.2, -0.15) is 0 Å². The Morgan fingerprint density at radius 1 is 1.50 bits per heavy atom. The van der Waals surface area contributed by atoms with Gasteiger partial charge in [0.25, 0.3) is 0 Å². The van der Waals surface area contributed by atoms with Gasteiger partial charge in [-0.25, -0.2) is 4.98 Å². The molecule has 0 N–H and O–H groups in total. The molecule has 0 aromatic carbocycles. The molecule has 0 atom stereocenters. The summed E-state index contributed by atoms with van der Waals surface area (Å²) in [5.74, 6) is 2.71. The topological polar surface area (TPSA) is 56.7 Å². The second-order valence-electron chi connectivity index (χ2n) is 3.82. The highest BCUT2D eigenvalue weighted by molar-refractivity contribution is 7.98. The van der Waals surface area contributed by atoms with Crippen LogP contribution in [0.4, 0.5) is 0 Å². The second-order valence-corrected chi connectivity index (χ2v) is 4.77. The molecule has 2 rings (SSSR count). The third-order valence-corrected chi connectivity index (χ3v) is 3.15. The summed E-state index contributed by atoms with van der Waals surface area (Å²) in [4.78, 5) is 4.22. The molecule has 0 aliphatic rings. The average Bonchev–Trinajstić information content (AvgIpc) is 2.83. The largest absolute Gasteiger partial charge is 0.445 e. The van der Waals surface area contributed by atoms with Crippen molar-refractivity contribution in [2.45, 2.75) is 30.7 Å². The van der Waals surface area contributed by atoms with Crippen molar-refractivity contribution in [1.29, 1.82) is 0 Å². The van der Waals surface area contributed by atoms with Gasteiger partial charge < -0.3 is 8.98 Å². The molecule has 0 aliphatic carbocycles. The lowest BCUT2D eigenvalue weighted by Gasteiger charge is -1.98. The fourth-order valence-corrected chi connectivity index (χ4v) is 1.93. The predicted octanol–water partition coefficient (Wildman–Crippen LogP) is 2.22. The summed E-state index contributed by atoms with van der Waals surface area (Å²) in [6, 6.07) is 0. The molecule has 0 unspecified atom stereocenters. The lowest BCUT2D eigenvalue weighted by molar-refractivity contribution is 0.453. The molecule has 2 aromatic rings. The van der Waals surface area contributed by atoms with Gasteiger partial charge in [-0.1, -0.05) is 25.6 Å². The molecular weight excluding hydrogens is 224 g/mol. The number of thioether (sulfide) groups is 1. The van der Waals surface area contributed by atoms with Crippen LogP contribution in [0.1, 0.15) is 31.4 Å². The van der Waals surface area contributed by atoms with Crippen molar-refractivity contribution in [3.05, 3.63) is 24.2 Å². The van der Waals surface area contributed by atoms with Crippen LogP contribution in [0.3, 0.4) is 0 Å². The highest BCUT2D eigenvalue weighted by Crippen LogP contribution is 2.22. The van der Waals surface area contributed by atoms with Gasteiger partial charge >= 0.3 is 0 Å². The first-order valence-corrected chi connectivity index (χ1v) is 6.06. The van der Waals surface area contributed by atoms with Gasteiger partial charge in [-0.3, -0.25) is 0 Å². The zero-order valence-electron chi connectivity index (χ0n) is 9.54. The average molecular weight is 238 g/mol. The molecule has 0 radical (unpaired) electrons. The Kier molecular flexibility index (Phi) is 3.28. The van der Waals surface area contributed by atoms with Crippen molar-refractivity contribution in [3.63, 3.8) is 0 Å². The molecule has 86 valence electrons. The van der Waals surface area contributed by atoms with E-state index >= 15 is 0 Å². The van der Waals surface area contributed by atoms with Gasteiger partial charge in [0, 0.05) is 13.0 Å². The Morgan fingerprint density at radius 2 is 2.31 bits per heavy atom. The zero-order chi connectivity index (χ0) is 11.5. The molecule has 0 fully saturated rings. The van der Waals surface area contributed by atoms with Gasteiger partial charge in [0.05, 0.1) is 11.9 Å². The van der Waals surface area contributed by atoms with Crippen LogP contribution in [0.2, 0.25) is 0 Å². The number of aromatic nitrogens is 4. The number of aryl methyl sites for hydroxylation is 1. The quantitative estimate of drug-likeness (QED) is 0.764. The van der Waals surface area contributed by atoms with Crippen molar-refractivity contribution in [1.82, 2.24) is 19.7 Å². The zero-order valence-corrected chi connectivity index (χ0v) is 10.4. The van der Waals surface area contributed by atoms with Crippen LogP contribution in [0, 0.1) is 0 Å². The minimum Gasteiger partial charge on any atom is -0.445 e. The van der Waals surface area contributed by atoms with Crippen molar-refractivity contribution in [2.24, 2.45) is 7.05 Å². The highest BCUT2D eigenvalue weighted by atomic mass is 32.2. The third-order valence-electron chi connectivity index (χ3n) is 2.14. The minimum atomic E-state index is 0.376. The Labute approximate surface area is 98.3 Å². The number of hydrogen-bond acceptors (Lipinski definition) is 5. The van der Waals surface area contributed by atoms with Crippen LogP contribution in [0.15, 0.2) is 22.1 Å². The maximum absolute atomic E-state index is 5.59. The summed E-state index contributed by atoms with van der Waals surface area (Å²) in [7, 11) is 1.91. The van der Waals surface area contributed by atoms with Gasteiger partial charge in [-0.15, -0.1) is 10.2 Å². The lowest BCUT2D eigenvalue weighted by atomic mass is 10.2. The fourth-order valence-electron chi connectivity index (χ4n) is 1.19. The maximum atomic E-state index is 5.59. The maximum Gasteiger partial charge on any atom is 0.204 e. The molecule has 16 heavy (non-hydrogen) atoms.